The normalized spacial score (nSPS) is 15.0. The van der Waals surface area contributed by atoms with Gasteiger partial charge in [-0.2, -0.15) is 0 Å². The fraction of sp³-hybridized carbons (Fsp3) is 0.269. The van der Waals surface area contributed by atoms with Crippen LogP contribution in [-0.2, 0) is 17.8 Å². The van der Waals surface area contributed by atoms with E-state index in [9.17, 15) is 14.4 Å². The summed E-state index contributed by atoms with van der Waals surface area (Å²) in [6.07, 6.45) is 1.86. The lowest BCUT2D eigenvalue weighted by Crippen LogP contribution is -2.50. The van der Waals surface area contributed by atoms with Crippen molar-refractivity contribution in [1.29, 1.82) is 0 Å². The molecule has 1 aliphatic heterocycles. The van der Waals surface area contributed by atoms with Crippen LogP contribution < -0.4 is 5.32 Å². The zero-order valence-corrected chi connectivity index (χ0v) is 18.8. The highest BCUT2D eigenvalue weighted by molar-refractivity contribution is 6.01. The van der Waals surface area contributed by atoms with E-state index in [1.165, 1.54) is 6.26 Å². The molecule has 4 rings (SSSR count). The van der Waals surface area contributed by atoms with Gasteiger partial charge in [0.05, 0.1) is 6.26 Å². The first-order valence-corrected chi connectivity index (χ1v) is 11.1. The van der Waals surface area contributed by atoms with Crippen molar-refractivity contribution in [1.82, 2.24) is 9.80 Å². The van der Waals surface area contributed by atoms with E-state index in [4.69, 9.17) is 4.42 Å². The number of fused-ring (bicyclic) bond motifs is 1. The average molecular weight is 446 g/mol. The van der Waals surface area contributed by atoms with Gasteiger partial charge in [0.15, 0.2) is 5.76 Å². The van der Waals surface area contributed by atoms with Crippen LogP contribution >= 0.6 is 0 Å². The van der Waals surface area contributed by atoms with Crippen LogP contribution in [0.4, 0.5) is 5.69 Å². The predicted molar refractivity (Wildman–Crippen MR) is 125 cm³/mol. The molecule has 33 heavy (non-hydrogen) atoms. The zero-order chi connectivity index (χ0) is 23.4. The molecule has 7 nitrogen and oxygen atoms in total. The maximum atomic E-state index is 13.3. The lowest BCUT2D eigenvalue weighted by molar-refractivity contribution is -0.121. The van der Waals surface area contributed by atoms with E-state index in [1.807, 2.05) is 38.1 Å². The molecule has 0 unspecified atom stereocenters. The molecule has 0 saturated heterocycles. The molecular formula is C26H27N3O4. The third-order valence-electron chi connectivity index (χ3n) is 5.99. The van der Waals surface area contributed by atoms with E-state index in [-0.39, 0.29) is 23.5 Å². The summed E-state index contributed by atoms with van der Waals surface area (Å²) in [6, 6.07) is 17.2. The molecule has 1 aromatic heterocycles. The standard InChI is InChI=1S/C26H27N3O4/c1-3-28(4-2)25(31)18-11-13-21(14-12-18)27-24(30)22-16-19-8-5-6-9-20(19)17-29(22)26(32)23-10-7-15-33-23/h5-15,22H,3-4,16-17H2,1-2H3,(H,27,30)/t22-/m0/s1. The van der Waals surface area contributed by atoms with Crippen LogP contribution in [0.1, 0.15) is 45.9 Å². The Hall–Kier alpha value is -3.87. The fourth-order valence-corrected chi connectivity index (χ4v) is 4.13. The molecule has 3 aromatic rings. The van der Waals surface area contributed by atoms with Crippen molar-refractivity contribution in [3.63, 3.8) is 0 Å². The first-order valence-electron chi connectivity index (χ1n) is 11.1. The summed E-state index contributed by atoms with van der Waals surface area (Å²) in [7, 11) is 0. The van der Waals surface area contributed by atoms with Gasteiger partial charge in [0.1, 0.15) is 6.04 Å². The van der Waals surface area contributed by atoms with E-state index in [0.717, 1.165) is 11.1 Å². The van der Waals surface area contributed by atoms with Crippen molar-refractivity contribution in [2.24, 2.45) is 0 Å². The van der Waals surface area contributed by atoms with Crippen LogP contribution in [0.15, 0.2) is 71.3 Å². The van der Waals surface area contributed by atoms with Crippen LogP contribution in [0, 0.1) is 0 Å². The van der Waals surface area contributed by atoms with Crippen molar-refractivity contribution in [3.8, 4) is 0 Å². The topological polar surface area (TPSA) is 82.9 Å². The van der Waals surface area contributed by atoms with Crippen LogP contribution in [0.5, 0.6) is 0 Å². The second-order valence-corrected chi connectivity index (χ2v) is 7.94. The van der Waals surface area contributed by atoms with Crippen LogP contribution in [0.25, 0.3) is 0 Å². The second kappa shape index (κ2) is 9.73. The highest BCUT2D eigenvalue weighted by atomic mass is 16.3. The zero-order valence-electron chi connectivity index (χ0n) is 18.8. The third-order valence-corrected chi connectivity index (χ3v) is 5.99. The second-order valence-electron chi connectivity index (χ2n) is 7.94. The van der Waals surface area contributed by atoms with Gasteiger partial charge in [0.2, 0.25) is 5.91 Å². The number of hydrogen-bond acceptors (Lipinski definition) is 4. The largest absolute Gasteiger partial charge is 0.459 e. The molecule has 1 aliphatic rings. The van der Waals surface area contributed by atoms with E-state index in [0.29, 0.717) is 37.3 Å². The van der Waals surface area contributed by atoms with Gasteiger partial charge in [-0.1, -0.05) is 24.3 Å². The van der Waals surface area contributed by atoms with Crippen LogP contribution in [0.3, 0.4) is 0 Å². The molecule has 0 aliphatic carbocycles. The summed E-state index contributed by atoms with van der Waals surface area (Å²) in [5.74, 6) is -0.453. The molecule has 2 heterocycles. The number of rotatable bonds is 6. The number of carbonyl (C=O) groups excluding carboxylic acids is 3. The summed E-state index contributed by atoms with van der Waals surface area (Å²) in [6.45, 7) is 5.47. The Morgan fingerprint density at radius 2 is 1.67 bits per heavy atom. The maximum Gasteiger partial charge on any atom is 0.290 e. The Morgan fingerprint density at radius 1 is 0.970 bits per heavy atom. The third kappa shape index (κ3) is 4.67. The van der Waals surface area contributed by atoms with Gasteiger partial charge in [-0.15, -0.1) is 0 Å². The molecule has 0 spiro atoms. The summed E-state index contributed by atoms with van der Waals surface area (Å²) in [5.41, 5.74) is 3.19. The number of anilines is 1. The molecule has 1 atom stereocenters. The summed E-state index contributed by atoms with van der Waals surface area (Å²) in [4.78, 5) is 42.2. The molecular weight excluding hydrogens is 418 g/mol. The minimum atomic E-state index is -0.686. The fourth-order valence-electron chi connectivity index (χ4n) is 4.13. The van der Waals surface area contributed by atoms with Gasteiger partial charge in [-0.3, -0.25) is 14.4 Å². The van der Waals surface area contributed by atoms with Crippen LogP contribution in [-0.4, -0.2) is 46.7 Å². The highest BCUT2D eigenvalue weighted by Crippen LogP contribution is 2.26. The molecule has 0 saturated carbocycles. The number of amides is 3. The van der Waals surface area contributed by atoms with Gasteiger partial charge in [-0.25, -0.2) is 0 Å². The maximum absolute atomic E-state index is 13.3. The van der Waals surface area contributed by atoms with Crippen LogP contribution in [0.2, 0.25) is 0 Å². The number of benzene rings is 2. The van der Waals surface area contributed by atoms with E-state index >= 15 is 0 Å². The molecule has 1 N–H and O–H groups in total. The summed E-state index contributed by atoms with van der Waals surface area (Å²) >= 11 is 0. The first-order chi connectivity index (χ1) is 16.0. The molecule has 0 fully saturated rings. The smallest absolute Gasteiger partial charge is 0.290 e. The summed E-state index contributed by atoms with van der Waals surface area (Å²) < 4.78 is 5.30. The number of nitrogens with one attached hydrogen (secondary N) is 1. The Labute approximate surface area is 193 Å². The first kappa shape index (κ1) is 22.3. The minimum Gasteiger partial charge on any atom is -0.459 e. The van der Waals surface area contributed by atoms with Gasteiger partial charge in [0, 0.05) is 37.3 Å². The lowest BCUT2D eigenvalue weighted by atomic mass is 9.93. The van der Waals surface area contributed by atoms with Crippen molar-refractivity contribution in [2.45, 2.75) is 32.9 Å². The van der Waals surface area contributed by atoms with Crippen molar-refractivity contribution in [2.75, 3.05) is 18.4 Å². The highest BCUT2D eigenvalue weighted by Gasteiger charge is 2.36. The number of hydrogen-bond donors (Lipinski definition) is 1. The predicted octanol–water partition coefficient (Wildman–Crippen LogP) is 3.97. The van der Waals surface area contributed by atoms with Gasteiger partial charge < -0.3 is 19.5 Å². The van der Waals surface area contributed by atoms with Gasteiger partial charge in [-0.05, 0) is 61.4 Å². The quantitative estimate of drug-likeness (QED) is 0.622. The van der Waals surface area contributed by atoms with Crippen molar-refractivity contribution in [3.05, 3.63) is 89.4 Å². The van der Waals surface area contributed by atoms with Crippen molar-refractivity contribution < 1.29 is 18.8 Å². The van der Waals surface area contributed by atoms with E-state index in [1.54, 1.807) is 46.2 Å². The monoisotopic (exact) mass is 445 g/mol. The number of nitrogens with zero attached hydrogens (tertiary/aromatic N) is 2. The molecule has 2 aromatic carbocycles. The SMILES string of the molecule is CCN(CC)C(=O)c1ccc(NC(=O)[C@@H]2Cc3ccccc3CN2C(=O)c2ccco2)cc1. The molecule has 3 amide bonds. The Kier molecular flexibility index (Phi) is 6.58. The van der Waals surface area contributed by atoms with E-state index in [2.05, 4.69) is 5.32 Å². The Morgan fingerprint density at radius 3 is 2.30 bits per heavy atom. The molecule has 170 valence electrons. The Balaban J connectivity index is 1.54. The van der Waals surface area contributed by atoms with Crippen molar-refractivity contribution >= 4 is 23.4 Å². The lowest BCUT2D eigenvalue weighted by Gasteiger charge is -2.35. The van der Waals surface area contributed by atoms with E-state index < -0.39 is 6.04 Å². The Bertz CT molecular complexity index is 1130. The summed E-state index contributed by atoms with van der Waals surface area (Å²) in [5, 5.41) is 2.91. The molecule has 7 heteroatoms. The number of furan rings is 1. The number of carbonyl (C=O) groups is 3. The van der Waals surface area contributed by atoms with Gasteiger partial charge >= 0.3 is 0 Å². The molecule has 0 bridgehead atoms. The average Bonchev–Trinajstić information content (AvgIpc) is 3.39. The van der Waals surface area contributed by atoms with Gasteiger partial charge in [0.25, 0.3) is 11.8 Å². The molecule has 0 radical (unpaired) electrons. The minimum absolute atomic E-state index is 0.0445.